The zero-order chi connectivity index (χ0) is 25.9. The number of alkyl halides is 3. The van der Waals surface area contributed by atoms with Crippen LogP contribution in [0.5, 0.6) is 0 Å². The monoisotopic (exact) mass is 496 g/mol. The molecule has 0 aliphatic heterocycles. The number of benzene rings is 2. The fourth-order valence-electron chi connectivity index (χ4n) is 3.43. The lowest BCUT2D eigenvalue weighted by atomic mass is 10.1. The van der Waals surface area contributed by atoms with Crippen LogP contribution in [0.25, 0.3) is 5.65 Å². The minimum Gasteiger partial charge on any atom is -0.478 e. The first-order valence-electron chi connectivity index (χ1n) is 10.6. The number of imidazole rings is 1. The smallest absolute Gasteiger partial charge is 0.416 e. The largest absolute Gasteiger partial charge is 0.478 e. The van der Waals surface area contributed by atoms with Crippen LogP contribution in [0.1, 0.15) is 48.0 Å². The first kappa shape index (κ1) is 24.5. The first-order chi connectivity index (χ1) is 17.1. The summed E-state index contributed by atoms with van der Waals surface area (Å²) in [4.78, 5) is 40.5. The number of hydrogen-bond donors (Lipinski definition) is 3. The third-order valence-electron chi connectivity index (χ3n) is 5.35. The molecule has 3 N–H and O–H groups in total. The van der Waals surface area contributed by atoms with Crippen LogP contribution in [0, 0.1) is 0 Å². The van der Waals surface area contributed by atoms with E-state index in [9.17, 15) is 27.6 Å². The average molecular weight is 496 g/mol. The molecule has 0 fully saturated rings. The Morgan fingerprint density at radius 2 is 1.42 bits per heavy atom. The number of pyridine rings is 1. The van der Waals surface area contributed by atoms with Crippen molar-refractivity contribution >= 4 is 23.4 Å². The molecule has 0 saturated carbocycles. The summed E-state index contributed by atoms with van der Waals surface area (Å²) >= 11 is 0. The van der Waals surface area contributed by atoms with Crippen molar-refractivity contribution in [2.75, 3.05) is 0 Å². The first-order valence-corrected chi connectivity index (χ1v) is 10.6. The average Bonchev–Trinajstić information content (AvgIpc) is 3.30. The lowest BCUT2D eigenvalue weighted by Gasteiger charge is -2.08. The van der Waals surface area contributed by atoms with Crippen LogP contribution in [-0.4, -0.2) is 32.3 Å². The zero-order valence-electron chi connectivity index (χ0n) is 18.5. The van der Waals surface area contributed by atoms with Crippen molar-refractivity contribution in [3.05, 3.63) is 107 Å². The number of amides is 2. The van der Waals surface area contributed by atoms with Gasteiger partial charge in [0.1, 0.15) is 17.0 Å². The van der Waals surface area contributed by atoms with E-state index in [1.54, 1.807) is 30.3 Å². The molecule has 8 nitrogen and oxygen atoms in total. The number of carboxylic acids is 1. The van der Waals surface area contributed by atoms with E-state index in [4.69, 9.17) is 5.11 Å². The molecule has 0 unspecified atom stereocenters. The maximum Gasteiger partial charge on any atom is 0.416 e. The quantitative estimate of drug-likeness (QED) is 0.359. The number of aromatic carboxylic acids is 1. The predicted molar refractivity (Wildman–Crippen MR) is 122 cm³/mol. The topological polar surface area (TPSA) is 113 Å². The van der Waals surface area contributed by atoms with Gasteiger partial charge in [-0.05, 0) is 47.5 Å². The van der Waals surface area contributed by atoms with Gasteiger partial charge in [-0.2, -0.15) is 13.2 Å². The molecule has 0 saturated heterocycles. The van der Waals surface area contributed by atoms with Crippen molar-refractivity contribution in [1.82, 2.24) is 20.0 Å². The minimum atomic E-state index is -4.44. The SMILES string of the molecule is O=C(O)c1ccc(CNC(=O)c2cccc3nc(C(=O)NCc4ccc(C(F)(F)F)cc4)cn23)cc1. The van der Waals surface area contributed by atoms with Crippen molar-refractivity contribution < 1.29 is 32.7 Å². The Kier molecular flexibility index (Phi) is 6.73. The molecular formula is C25H19F3N4O4. The Labute approximate surface area is 202 Å². The number of carbonyl (C=O) groups is 3. The fraction of sp³-hybridized carbons (Fsp3) is 0.120. The van der Waals surface area contributed by atoms with Crippen LogP contribution in [-0.2, 0) is 19.3 Å². The van der Waals surface area contributed by atoms with Gasteiger partial charge in [-0.25, -0.2) is 9.78 Å². The van der Waals surface area contributed by atoms with Crippen molar-refractivity contribution in [3.63, 3.8) is 0 Å². The third kappa shape index (κ3) is 5.52. The summed E-state index contributed by atoms with van der Waals surface area (Å²) in [7, 11) is 0. The molecule has 0 radical (unpaired) electrons. The van der Waals surface area contributed by atoms with Gasteiger partial charge in [0.15, 0.2) is 0 Å². The molecule has 2 aromatic carbocycles. The number of nitrogens with one attached hydrogen (secondary N) is 2. The lowest BCUT2D eigenvalue weighted by molar-refractivity contribution is -0.137. The number of fused-ring (bicyclic) bond motifs is 1. The Morgan fingerprint density at radius 3 is 2.00 bits per heavy atom. The summed E-state index contributed by atoms with van der Waals surface area (Å²) in [5, 5.41) is 14.3. The molecule has 0 bridgehead atoms. The summed E-state index contributed by atoms with van der Waals surface area (Å²) in [5.41, 5.74) is 1.16. The van der Waals surface area contributed by atoms with Gasteiger partial charge in [0.05, 0.1) is 11.1 Å². The van der Waals surface area contributed by atoms with Crippen LogP contribution >= 0.6 is 0 Å². The number of carboxylic acid groups (broad SMARTS) is 1. The highest BCUT2D eigenvalue weighted by Gasteiger charge is 2.29. The Balaban J connectivity index is 1.42. The van der Waals surface area contributed by atoms with E-state index in [2.05, 4.69) is 15.6 Å². The Bertz CT molecular complexity index is 1430. The second-order valence-corrected chi connectivity index (χ2v) is 7.83. The van der Waals surface area contributed by atoms with Gasteiger partial charge in [0.2, 0.25) is 0 Å². The fourth-order valence-corrected chi connectivity index (χ4v) is 3.43. The number of nitrogens with zero attached hydrogens (tertiary/aromatic N) is 2. The van der Waals surface area contributed by atoms with Crippen LogP contribution in [0.15, 0.2) is 72.9 Å². The molecular weight excluding hydrogens is 477 g/mol. The highest BCUT2D eigenvalue weighted by molar-refractivity contribution is 5.95. The second kappa shape index (κ2) is 9.90. The highest BCUT2D eigenvalue weighted by Crippen LogP contribution is 2.29. The van der Waals surface area contributed by atoms with Crippen LogP contribution in [0.4, 0.5) is 13.2 Å². The Morgan fingerprint density at radius 1 is 0.833 bits per heavy atom. The normalized spacial score (nSPS) is 11.3. The summed E-state index contributed by atoms with van der Waals surface area (Å²) in [5.74, 6) is -2.03. The van der Waals surface area contributed by atoms with Crippen molar-refractivity contribution in [3.8, 4) is 0 Å². The molecule has 4 rings (SSSR count). The molecule has 2 heterocycles. The van der Waals surface area contributed by atoms with Gasteiger partial charge >= 0.3 is 12.1 Å². The summed E-state index contributed by atoms with van der Waals surface area (Å²) in [6.45, 7) is 0.156. The number of halogens is 3. The van der Waals surface area contributed by atoms with Gasteiger partial charge in [0, 0.05) is 19.3 Å². The van der Waals surface area contributed by atoms with Crippen LogP contribution in [0.2, 0.25) is 0 Å². The van der Waals surface area contributed by atoms with E-state index in [1.165, 1.54) is 34.9 Å². The molecule has 0 spiro atoms. The number of carbonyl (C=O) groups excluding carboxylic acids is 2. The number of aromatic nitrogens is 2. The molecule has 184 valence electrons. The maximum absolute atomic E-state index is 12.8. The van der Waals surface area contributed by atoms with E-state index in [0.29, 0.717) is 16.8 Å². The maximum atomic E-state index is 12.8. The summed E-state index contributed by atoms with van der Waals surface area (Å²) in [6, 6.07) is 15.3. The van der Waals surface area contributed by atoms with Gasteiger partial charge in [0.25, 0.3) is 11.8 Å². The Hall–Kier alpha value is -4.67. The molecule has 2 aromatic heterocycles. The lowest BCUT2D eigenvalue weighted by Crippen LogP contribution is -2.25. The van der Waals surface area contributed by atoms with E-state index >= 15 is 0 Å². The minimum absolute atomic E-state index is 0.00114. The zero-order valence-corrected chi connectivity index (χ0v) is 18.5. The highest BCUT2D eigenvalue weighted by atomic mass is 19.4. The molecule has 0 aliphatic rings. The van der Waals surface area contributed by atoms with Gasteiger partial charge < -0.3 is 15.7 Å². The molecule has 0 atom stereocenters. The van der Waals surface area contributed by atoms with Gasteiger partial charge in [-0.3, -0.25) is 14.0 Å². The third-order valence-corrected chi connectivity index (χ3v) is 5.35. The van der Waals surface area contributed by atoms with E-state index in [1.807, 2.05) is 0 Å². The molecule has 2 amide bonds. The molecule has 11 heteroatoms. The van der Waals surface area contributed by atoms with Crippen molar-refractivity contribution in [1.29, 1.82) is 0 Å². The van der Waals surface area contributed by atoms with Gasteiger partial charge in [-0.15, -0.1) is 0 Å². The van der Waals surface area contributed by atoms with E-state index in [-0.39, 0.29) is 30.0 Å². The number of rotatable bonds is 7. The van der Waals surface area contributed by atoms with Crippen molar-refractivity contribution in [2.45, 2.75) is 19.3 Å². The molecule has 4 aromatic rings. The standard InChI is InChI=1S/C25H19F3N4O4/c26-25(27,28)18-10-6-16(7-11-18)12-29-22(33)19-14-32-20(2-1-3-21(32)31-19)23(34)30-13-15-4-8-17(9-5-15)24(35)36/h1-11,14H,12-13H2,(H,29,33)(H,30,34)(H,35,36). The van der Waals surface area contributed by atoms with Crippen LogP contribution in [0.3, 0.4) is 0 Å². The van der Waals surface area contributed by atoms with Crippen molar-refractivity contribution in [2.24, 2.45) is 0 Å². The molecule has 36 heavy (non-hydrogen) atoms. The second-order valence-electron chi connectivity index (χ2n) is 7.83. The van der Waals surface area contributed by atoms with Crippen LogP contribution < -0.4 is 10.6 Å². The van der Waals surface area contributed by atoms with E-state index in [0.717, 1.165) is 12.1 Å². The number of hydrogen-bond acceptors (Lipinski definition) is 4. The predicted octanol–water partition coefficient (Wildman–Crippen LogP) is 3.91. The summed E-state index contributed by atoms with van der Waals surface area (Å²) < 4.78 is 39.5. The molecule has 0 aliphatic carbocycles. The van der Waals surface area contributed by atoms with E-state index < -0.39 is 29.5 Å². The van der Waals surface area contributed by atoms with Gasteiger partial charge in [-0.1, -0.05) is 30.3 Å². The summed E-state index contributed by atoms with van der Waals surface area (Å²) in [6.07, 6.45) is -3.04.